The number of ether oxygens (including phenoxy) is 2. The van der Waals surface area contributed by atoms with E-state index in [2.05, 4.69) is 5.32 Å². The predicted octanol–water partition coefficient (Wildman–Crippen LogP) is 3.67. The molecule has 0 saturated heterocycles. The van der Waals surface area contributed by atoms with Crippen LogP contribution in [0.4, 0.5) is 5.69 Å². The Kier molecular flexibility index (Phi) is 5.20. The third-order valence-corrected chi connectivity index (χ3v) is 3.29. The molecular weight excluding hydrogens is 290 g/mol. The molecule has 1 atom stereocenters. The van der Waals surface area contributed by atoms with E-state index in [1.165, 1.54) is 14.2 Å². The highest BCUT2D eigenvalue weighted by atomic mass is 35.5. The number of anilines is 1. The van der Waals surface area contributed by atoms with Crippen molar-refractivity contribution < 1.29 is 14.3 Å². The molecule has 4 nitrogen and oxygen atoms in total. The molecule has 0 heterocycles. The number of methoxy groups -OCH3 is 2. The van der Waals surface area contributed by atoms with Crippen LogP contribution in [0.3, 0.4) is 0 Å². The van der Waals surface area contributed by atoms with Crippen LogP contribution in [0, 0.1) is 0 Å². The van der Waals surface area contributed by atoms with E-state index in [-0.39, 0.29) is 5.91 Å². The molecule has 1 N–H and O–H groups in total. The second-order valence-corrected chi connectivity index (χ2v) is 4.77. The fraction of sp³-hybridized carbons (Fsp3) is 0.188. The highest BCUT2D eigenvalue weighted by molar-refractivity contribution is 6.32. The van der Waals surface area contributed by atoms with Crippen molar-refractivity contribution in [2.45, 2.75) is 6.10 Å². The number of halogens is 1. The third-order valence-electron chi connectivity index (χ3n) is 3.00. The number of rotatable bonds is 5. The van der Waals surface area contributed by atoms with Crippen molar-refractivity contribution in [2.24, 2.45) is 0 Å². The van der Waals surface area contributed by atoms with Gasteiger partial charge in [-0.25, -0.2) is 0 Å². The Morgan fingerprint density at radius 2 is 1.86 bits per heavy atom. The van der Waals surface area contributed by atoms with Crippen LogP contribution in [-0.2, 0) is 9.53 Å². The lowest BCUT2D eigenvalue weighted by Crippen LogP contribution is -2.22. The second kappa shape index (κ2) is 7.11. The zero-order valence-electron chi connectivity index (χ0n) is 11.8. The normalized spacial score (nSPS) is 11.8. The lowest BCUT2D eigenvalue weighted by Gasteiger charge is -2.16. The van der Waals surface area contributed by atoms with E-state index in [1.54, 1.807) is 18.2 Å². The van der Waals surface area contributed by atoms with Crippen LogP contribution in [0.1, 0.15) is 11.7 Å². The first-order chi connectivity index (χ1) is 10.2. The van der Waals surface area contributed by atoms with Gasteiger partial charge in [-0.15, -0.1) is 0 Å². The minimum Gasteiger partial charge on any atom is -0.495 e. The smallest absolute Gasteiger partial charge is 0.258 e. The molecule has 0 aliphatic rings. The average molecular weight is 306 g/mol. The molecule has 0 unspecified atom stereocenters. The zero-order chi connectivity index (χ0) is 15.2. The highest BCUT2D eigenvalue weighted by Gasteiger charge is 2.20. The van der Waals surface area contributed by atoms with Gasteiger partial charge in [0.25, 0.3) is 5.91 Å². The lowest BCUT2D eigenvalue weighted by atomic mass is 10.1. The standard InChI is InChI=1S/C16H16ClNO3/c1-20-14-9-8-12(10-13(14)17)18-16(19)15(21-2)11-6-4-3-5-7-11/h3-10,15H,1-2H3,(H,18,19)/t15-/m1/s1. The molecule has 0 saturated carbocycles. The van der Waals surface area contributed by atoms with Crippen molar-refractivity contribution in [3.63, 3.8) is 0 Å². The maximum absolute atomic E-state index is 12.3. The van der Waals surface area contributed by atoms with Crippen LogP contribution in [-0.4, -0.2) is 20.1 Å². The van der Waals surface area contributed by atoms with E-state index in [4.69, 9.17) is 21.1 Å². The van der Waals surface area contributed by atoms with Gasteiger partial charge in [-0.3, -0.25) is 4.79 Å². The number of amides is 1. The van der Waals surface area contributed by atoms with Gasteiger partial charge in [0, 0.05) is 12.8 Å². The molecule has 110 valence electrons. The molecule has 21 heavy (non-hydrogen) atoms. The monoisotopic (exact) mass is 305 g/mol. The zero-order valence-corrected chi connectivity index (χ0v) is 12.6. The minimum absolute atomic E-state index is 0.259. The largest absolute Gasteiger partial charge is 0.495 e. The van der Waals surface area contributed by atoms with E-state index in [0.717, 1.165) is 5.56 Å². The van der Waals surface area contributed by atoms with Gasteiger partial charge < -0.3 is 14.8 Å². The molecule has 0 spiro atoms. The van der Waals surface area contributed by atoms with Crippen molar-refractivity contribution in [2.75, 3.05) is 19.5 Å². The molecule has 2 aromatic rings. The van der Waals surface area contributed by atoms with Gasteiger partial charge >= 0.3 is 0 Å². The molecular formula is C16H16ClNO3. The Labute approximate surface area is 128 Å². The second-order valence-electron chi connectivity index (χ2n) is 4.37. The number of nitrogens with one attached hydrogen (secondary N) is 1. The average Bonchev–Trinajstić information content (AvgIpc) is 2.49. The summed E-state index contributed by atoms with van der Waals surface area (Å²) in [5.74, 6) is 0.297. The van der Waals surface area contributed by atoms with Crippen LogP contribution >= 0.6 is 11.6 Å². The summed E-state index contributed by atoms with van der Waals surface area (Å²) in [7, 11) is 3.04. The minimum atomic E-state index is -0.674. The Bertz CT molecular complexity index is 616. The van der Waals surface area contributed by atoms with Gasteiger partial charge in [-0.2, -0.15) is 0 Å². The molecule has 1 amide bonds. The summed E-state index contributed by atoms with van der Waals surface area (Å²) < 4.78 is 10.3. The summed E-state index contributed by atoms with van der Waals surface area (Å²) in [6.07, 6.45) is -0.674. The molecule has 0 aliphatic carbocycles. The fourth-order valence-corrected chi connectivity index (χ4v) is 2.23. The van der Waals surface area contributed by atoms with E-state index in [9.17, 15) is 4.79 Å². The highest BCUT2D eigenvalue weighted by Crippen LogP contribution is 2.28. The van der Waals surface area contributed by atoms with Gasteiger partial charge in [0.05, 0.1) is 12.1 Å². The van der Waals surface area contributed by atoms with Crippen LogP contribution in [0.15, 0.2) is 48.5 Å². The Morgan fingerprint density at radius 3 is 2.43 bits per heavy atom. The molecule has 0 aromatic heterocycles. The van der Waals surface area contributed by atoms with E-state index < -0.39 is 6.10 Å². The van der Waals surface area contributed by atoms with Gasteiger partial charge in [0.2, 0.25) is 0 Å². The molecule has 0 aliphatic heterocycles. The summed E-state index contributed by atoms with van der Waals surface area (Å²) >= 11 is 6.04. The molecule has 0 fully saturated rings. The molecule has 0 bridgehead atoms. The summed E-state index contributed by atoms with van der Waals surface area (Å²) in [6.45, 7) is 0. The first kappa shape index (κ1) is 15.4. The van der Waals surface area contributed by atoms with E-state index in [1.807, 2.05) is 30.3 Å². The molecule has 5 heteroatoms. The quantitative estimate of drug-likeness (QED) is 0.916. The van der Waals surface area contributed by atoms with Gasteiger partial charge in [-0.05, 0) is 23.8 Å². The Morgan fingerprint density at radius 1 is 1.14 bits per heavy atom. The first-order valence-electron chi connectivity index (χ1n) is 6.38. The fourth-order valence-electron chi connectivity index (χ4n) is 1.97. The van der Waals surface area contributed by atoms with Crippen LogP contribution in [0.5, 0.6) is 5.75 Å². The van der Waals surface area contributed by atoms with Crippen molar-refractivity contribution in [1.29, 1.82) is 0 Å². The van der Waals surface area contributed by atoms with Crippen LogP contribution < -0.4 is 10.1 Å². The van der Waals surface area contributed by atoms with Crippen molar-refractivity contribution in [3.8, 4) is 5.75 Å². The number of hydrogen-bond donors (Lipinski definition) is 1. The van der Waals surface area contributed by atoms with Gasteiger partial charge in [0.1, 0.15) is 5.75 Å². The molecule has 2 rings (SSSR count). The van der Waals surface area contributed by atoms with E-state index >= 15 is 0 Å². The van der Waals surface area contributed by atoms with Crippen molar-refractivity contribution in [3.05, 3.63) is 59.1 Å². The third kappa shape index (κ3) is 3.74. The molecule has 0 radical (unpaired) electrons. The van der Waals surface area contributed by atoms with Crippen LogP contribution in [0.2, 0.25) is 5.02 Å². The molecule has 2 aromatic carbocycles. The lowest BCUT2D eigenvalue weighted by molar-refractivity contribution is -0.126. The number of hydrogen-bond acceptors (Lipinski definition) is 3. The summed E-state index contributed by atoms with van der Waals surface area (Å²) in [4.78, 5) is 12.3. The van der Waals surface area contributed by atoms with Crippen LogP contribution in [0.25, 0.3) is 0 Å². The number of carbonyl (C=O) groups is 1. The first-order valence-corrected chi connectivity index (χ1v) is 6.75. The Hall–Kier alpha value is -2.04. The Balaban J connectivity index is 2.15. The summed E-state index contributed by atoms with van der Waals surface area (Å²) in [6, 6.07) is 14.3. The number of carbonyl (C=O) groups excluding carboxylic acids is 1. The van der Waals surface area contributed by atoms with E-state index in [0.29, 0.717) is 16.5 Å². The van der Waals surface area contributed by atoms with Crippen molar-refractivity contribution >= 4 is 23.2 Å². The number of benzene rings is 2. The maximum Gasteiger partial charge on any atom is 0.258 e. The van der Waals surface area contributed by atoms with Crippen molar-refractivity contribution in [1.82, 2.24) is 0 Å². The summed E-state index contributed by atoms with van der Waals surface area (Å²) in [5, 5.41) is 3.21. The predicted molar refractivity (Wildman–Crippen MR) is 82.8 cm³/mol. The summed E-state index contributed by atoms with van der Waals surface area (Å²) in [5.41, 5.74) is 1.38. The SMILES string of the molecule is COc1ccc(NC(=O)[C@H](OC)c2ccccc2)cc1Cl. The van der Waals surface area contributed by atoms with Gasteiger partial charge in [0.15, 0.2) is 6.10 Å². The van der Waals surface area contributed by atoms with Gasteiger partial charge in [-0.1, -0.05) is 41.9 Å². The maximum atomic E-state index is 12.3. The topological polar surface area (TPSA) is 47.6 Å².